The molecule has 3 heteroatoms. The largest absolute Gasteiger partial charge is 0.497 e. The number of carbonyl (C=O) groups is 1. The summed E-state index contributed by atoms with van der Waals surface area (Å²) >= 11 is 0. The number of rotatable bonds is 4. The second-order valence-corrected chi connectivity index (χ2v) is 2.85. The van der Waals surface area contributed by atoms with E-state index < -0.39 is 0 Å². The Kier molecular flexibility index (Phi) is 3.73. The number of ether oxygens (including phenoxy) is 1. The van der Waals surface area contributed by atoms with Crippen molar-refractivity contribution in [2.45, 2.75) is 6.42 Å². The third-order valence-corrected chi connectivity index (χ3v) is 1.75. The van der Waals surface area contributed by atoms with Crippen LogP contribution in [0.1, 0.15) is 12.0 Å². The summed E-state index contributed by atoms with van der Waals surface area (Å²) in [4.78, 5) is 10.4. The molecule has 0 fully saturated rings. The molecule has 74 valence electrons. The SMILES string of the molecule is COc1ccc(C=CCC(N)=O)cc1. The zero-order valence-corrected chi connectivity index (χ0v) is 8.07. The van der Waals surface area contributed by atoms with Gasteiger partial charge in [0.05, 0.1) is 7.11 Å². The molecule has 0 saturated heterocycles. The van der Waals surface area contributed by atoms with Crippen molar-refractivity contribution in [2.24, 2.45) is 5.73 Å². The first kappa shape index (κ1) is 10.3. The van der Waals surface area contributed by atoms with Crippen LogP contribution in [0.5, 0.6) is 5.75 Å². The van der Waals surface area contributed by atoms with Crippen molar-refractivity contribution >= 4 is 12.0 Å². The molecule has 0 aromatic heterocycles. The number of amides is 1. The second-order valence-electron chi connectivity index (χ2n) is 2.85. The third-order valence-electron chi connectivity index (χ3n) is 1.75. The van der Waals surface area contributed by atoms with Gasteiger partial charge < -0.3 is 10.5 Å². The van der Waals surface area contributed by atoms with Crippen LogP contribution in [0, 0.1) is 0 Å². The summed E-state index contributed by atoms with van der Waals surface area (Å²) < 4.78 is 5.01. The van der Waals surface area contributed by atoms with Gasteiger partial charge in [-0.15, -0.1) is 0 Å². The van der Waals surface area contributed by atoms with Crippen molar-refractivity contribution in [2.75, 3.05) is 7.11 Å². The van der Waals surface area contributed by atoms with Gasteiger partial charge in [-0.3, -0.25) is 4.79 Å². The normalized spacial score (nSPS) is 10.4. The van der Waals surface area contributed by atoms with Gasteiger partial charge in [-0.25, -0.2) is 0 Å². The smallest absolute Gasteiger partial charge is 0.221 e. The van der Waals surface area contributed by atoms with E-state index in [0.29, 0.717) is 0 Å². The van der Waals surface area contributed by atoms with Crippen LogP contribution in [0.2, 0.25) is 0 Å². The fourth-order valence-electron chi connectivity index (χ4n) is 1.03. The molecule has 1 aromatic carbocycles. The van der Waals surface area contributed by atoms with E-state index in [1.165, 1.54) is 0 Å². The van der Waals surface area contributed by atoms with E-state index in [2.05, 4.69) is 0 Å². The molecular weight excluding hydrogens is 178 g/mol. The molecule has 0 atom stereocenters. The quantitative estimate of drug-likeness (QED) is 0.785. The second kappa shape index (κ2) is 5.07. The van der Waals surface area contributed by atoms with Crippen LogP contribution in [0.15, 0.2) is 30.3 Å². The molecule has 0 spiro atoms. The van der Waals surface area contributed by atoms with E-state index in [1.54, 1.807) is 13.2 Å². The summed E-state index contributed by atoms with van der Waals surface area (Å²) in [5.41, 5.74) is 6.01. The summed E-state index contributed by atoms with van der Waals surface area (Å²) in [5.74, 6) is 0.492. The fraction of sp³-hybridized carbons (Fsp3) is 0.182. The maximum absolute atomic E-state index is 10.4. The third kappa shape index (κ3) is 3.31. The summed E-state index contributed by atoms with van der Waals surface area (Å²) in [7, 11) is 1.62. The van der Waals surface area contributed by atoms with Gasteiger partial charge in [0.2, 0.25) is 5.91 Å². The van der Waals surface area contributed by atoms with Crippen LogP contribution in [0.25, 0.3) is 6.08 Å². The topological polar surface area (TPSA) is 52.3 Å². The molecule has 1 amide bonds. The molecule has 0 heterocycles. The van der Waals surface area contributed by atoms with Crippen LogP contribution in [-0.4, -0.2) is 13.0 Å². The Morgan fingerprint density at radius 2 is 2.07 bits per heavy atom. The van der Waals surface area contributed by atoms with Gasteiger partial charge in [-0.05, 0) is 17.7 Å². The zero-order valence-electron chi connectivity index (χ0n) is 8.07. The van der Waals surface area contributed by atoms with Crippen LogP contribution >= 0.6 is 0 Å². The van der Waals surface area contributed by atoms with Crippen LogP contribution < -0.4 is 10.5 Å². The molecule has 0 bridgehead atoms. The maximum Gasteiger partial charge on any atom is 0.221 e. The van der Waals surface area contributed by atoms with E-state index in [9.17, 15) is 4.79 Å². The number of hydrogen-bond acceptors (Lipinski definition) is 2. The molecule has 0 aliphatic rings. The summed E-state index contributed by atoms with van der Waals surface area (Å²) in [6.07, 6.45) is 3.86. The predicted molar refractivity (Wildman–Crippen MR) is 55.8 cm³/mol. The Morgan fingerprint density at radius 1 is 1.43 bits per heavy atom. The molecule has 1 aromatic rings. The number of benzene rings is 1. The van der Waals surface area contributed by atoms with E-state index in [4.69, 9.17) is 10.5 Å². The minimum atomic E-state index is -0.324. The first-order valence-corrected chi connectivity index (χ1v) is 4.31. The van der Waals surface area contributed by atoms with E-state index in [1.807, 2.05) is 30.3 Å². The number of methoxy groups -OCH3 is 1. The highest BCUT2D eigenvalue weighted by Crippen LogP contribution is 2.12. The van der Waals surface area contributed by atoms with Gasteiger partial charge in [0.15, 0.2) is 0 Å². The average molecular weight is 191 g/mol. The first-order chi connectivity index (χ1) is 6.72. The van der Waals surface area contributed by atoms with E-state index in [-0.39, 0.29) is 12.3 Å². The van der Waals surface area contributed by atoms with Crippen molar-refractivity contribution in [1.29, 1.82) is 0 Å². The van der Waals surface area contributed by atoms with Crippen molar-refractivity contribution in [3.05, 3.63) is 35.9 Å². The standard InChI is InChI=1S/C11H13NO2/c1-14-10-7-5-9(6-8-10)3-2-4-11(12)13/h2-3,5-8H,4H2,1H3,(H2,12,13). The lowest BCUT2D eigenvalue weighted by Crippen LogP contribution is -2.07. The molecule has 0 aliphatic heterocycles. The Bertz CT molecular complexity index is 328. The minimum absolute atomic E-state index is 0.270. The molecule has 14 heavy (non-hydrogen) atoms. The van der Waals surface area contributed by atoms with E-state index >= 15 is 0 Å². The van der Waals surface area contributed by atoms with Crippen molar-refractivity contribution in [3.63, 3.8) is 0 Å². The van der Waals surface area contributed by atoms with Gasteiger partial charge in [0.25, 0.3) is 0 Å². The van der Waals surface area contributed by atoms with Crippen molar-refractivity contribution < 1.29 is 9.53 Å². The lowest BCUT2D eigenvalue weighted by atomic mass is 10.2. The number of nitrogens with two attached hydrogens (primary N) is 1. The molecule has 0 saturated carbocycles. The van der Waals surface area contributed by atoms with E-state index in [0.717, 1.165) is 11.3 Å². The van der Waals surface area contributed by atoms with Gasteiger partial charge >= 0.3 is 0 Å². The lowest BCUT2D eigenvalue weighted by Gasteiger charge is -1.98. The van der Waals surface area contributed by atoms with Gasteiger partial charge in [-0.1, -0.05) is 24.3 Å². The Labute approximate surface area is 83.2 Å². The predicted octanol–water partition coefficient (Wildman–Crippen LogP) is 1.58. The van der Waals surface area contributed by atoms with Gasteiger partial charge in [-0.2, -0.15) is 0 Å². The highest BCUT2D eigenvalue weighted by atomic mass is 16.5. The van der Waals surface area contributed by atoms with Gasteiger partial charge in [0, 0.05) is 6.42 Å². The van der Waals surface area contributed by atoms with Crippen molar-refractivity contribution in [1.82, 2.24) is 0 Å². The molecule has 1 rings (SSSR count). The highest BCUT2D eigenvalue weighted by molar-refractivity contribution is 5.76. The summed E-state index contributed by atoms with van der Waals surface area (Å²) in [5, 5.41) is 0. The summed E-state index contributed by atoms with van der Waals surface area (Å²) in [6, 6.07) is 7.56. The maximum atomic E-state index is 10.4. The van der Waals surface area contributed by atoms with Crippen LogP contribution in [-0.2, 0) is 4.79 Å². The molecule has 2 N–H and O–H groups in total. The van der Waals surface area contributed by atoms with Crippen LogP contribution in [0.3, 0.4) is 0 Å². The monoisotopic (exact) mass is 191 g/mol. The Morgan fingerprint density at radius 3 is 2.57 bits per heavy atom. The first-order valence-electron chi connectivity index (χ1n) is 4.31. The zero-order chi connectivity index (χ0) is 10.4. The Balaban J connectivity index is 2.59. The summed E-state index contributed by atoms with van der Waals surface area (Å²) in [6.45, 7) is 0. The minimum Gasteiger partial charge on any atom is -0.497 e. The van der Waals surface area contributed by atoms with Crippen molar-refractivity contribution in [3.8, 4) is 5.75 Å². The number of hydrogen-bond donors (Lipinski definition) is 1. The lowest BCUT2D eigenvalue weighted by molar-refractivity contribution is -0.117. The average Bonchev–Trinajstić information content (AvgIpc) is 2.18. The molecule has 0 radical (unpaired) electrons. The number of primary amides is 1. The molecule has 0 unspecified atom stereocenters. The molecule has 0 aliphatic carbocycles. The fourth-order valence-corrected chi connectivity index (χ4v) is 1.03. The molecule has 3 nitrogen and oxygen atoms in total. The highest BCUT2D eigenvalue weighted by Gasteiger charge is 1.90. The Hall–Kier alpha value is -1.77. The van der Waals surface area contributed by atoms with Gasteiger partial charge in [0.1, 0.15) is 5.75 Å². The van der Waals surface area contributed by atoms with Crippen LogP contribution in [0.4, 0.5) is 0 Å². The number of carbonyl (C=O) groups excluding carboxylic acids is 1. The molecular formula is C11H13NO2.